The number of para-hydroxylation sites is 2. The Labute approximate surface area is 362 Å². The molecule has 1 spiro atoms. The van der Waals surface area contributed by atoms with Gasteiger partial charge in [0, 0.05) is 33.2 Å². The molecule has 2 heterocycles. The van der Waals surface area contributed by atoms with Crippen molar-refractivity contribution in [1.82, 2.24) is 4.57 Å². The topological polar surface area (TPSA) is 8.17 Å². The summed E-state index contributed by atoms with van der Waals surface area (Å²) in [6.45, 7) is 5.13. The summed E-state index contributed by atoms with van der Waals surface area (Å²) < 4.78 is 2.40. The maximum Gasteiger partial charge on any atom is 0.113 e. The smallest absolute Gasteiger partial charge is 0.113 e. The highest BCUT2D eigenvalue weighted by molar-refractivity contribution is 7.01. The Balaban J connectivity index is 1.11. The van der Waals surface area contributed by atoms with Crippen LogP contribution in [0.1, 0.15) is 22.3 Å². The van der Waals surface area contributed by atoms with E-state index in [4.69, 9.17) is 0 Å². The predicted molar refractivity (Wildman–Crippen MR) is 265 cm³/mol. The highest BCUT2D eigenvalue weighted by Crippen LogP contribution is 2.56. The van der Waals surface area contributed by atoms with Crippen LogP contribution in [0.4, 0.5) is 17.1 Å². The summed E-state index contributed by atoms with van der Waals surface area (Å²) in [5, 5.41) is 10.6. The van der Waals surface area contributed by atoms with E-state index in [1.165, 1.54) is 98.5 Å². The van der Waals surface area contributed by atoms with Gasteiger partial charge in [0.05, 0.1) is 22.1 Å². The van der Waals surface area contributed by atoms with Crippen LogP contribution in [-0.2, 0) is 5.41 Å². The molecule has 1 atom stereocenters. The first-order valence-electron chi connectivity index (χ1n) is 21.8. The van der Waals surface area contributed by atoms with Gasteiger partial charge in [-0.25, -0.2) is 0 Å². The predicted octanol–water partition coefficient (Wildman–Crippen LogP) is 14.1. The Morgan fingerprint density at radius 2 is 1.00 bits per heavy atom. The lowest BCUT2D eigenvalue weighted by molar-refractivity contribution is 0.754. The molecule has 13 rings (SSSR count). The zero-order valence-electron chi connectivity index (χ0n) is 34.7. The number of hydrogen-bond donors (Lipinski definition) is 0. The molecule has 0 fully saturated rings. The molecule has 1 unspecified atom stereocenters. The lowest BCUT2D eigenvalue weighted by atomic mass is 9.59. The Kier molecular flexibility index (Phi) is 7.41. The van der Waals surface area contributed by atoms with Crippen LogP contribution in [0.15, 0.2) is 218 Å². The first-order valence-corrected chi connectivity index (χ1v) is 24.8. The van der Waals surface area contributed by atoms with Crippen LogP contribution in [0, 0.1) is 0 Å². The zero-order chi connectivity index (χ0) is 41.2. The van der Waals surface area contributed by atoms with E-state index < -0.39 is 13.5 Å². The van der Waals surface area contributed by atoms with Gasteiger partial charge in [-0.1, -0.05) is 177 Å². The van der Waals surface area contributed by atoms with Crippen molar-refractivity contribution in [2.75, 3.05) is 4.90 Å². The second kappa shape index (κ2) is 13.0. The van der Waals surface area contributed by atoms with E-state index in [0.29, 0.717) is 0 Å². The third kappa shape index (κ3) is 4.69. The van der Waals surface area contributed by atoms with Gasteiger partial charge in [-0.3, -0.25) is 0 Å². The normalized spacial score (nSPS) is 15.8. The molecule has 2 aliphatic rings. The standard InChI is InChI=1S/C59H42N2Si/c1-62(2)56-32-13-11-28-50(56)59(49-27-10-8-24-45(49)47-26-14-19-40-20-15-29-52(59)58(40)47)51-35-33-43(38-57(51)62)60(53-31-16-18-39-17-6-7-23-44(39)53)42-34-36-55-48(37-42)46-25-9-12-30-54(46)61(55)41-21-4-3-5-22-41/h3-38H,1-2H3. The highest BCUT2D eigenvalue weighted by Gasteiger charge is 2.52. The summed E-state index contributed by atoms with van der Waals surface area (Å²) in [6, 6.07) is 82.2. The average Bonchev–Trinajstić information content (AvgIpc) is 3.66. The summed E-state index contributed by atoms with van der Waals surface area (Å²) in [7, 11) is -2.31. The lowest BCUT2D eigenvalue weighted by Gasteiger charge is -2.50. The van der Waals surface area contributed by atoms with Crippen molar-refractivity contribution in [3.05, 3.63) is 241 Å². The number of benzene rings is 10. The van der Waals surface area contributed by atoms with Gasteiger partial charge in [0.15, 0.2) is 0 Å². The summed E-state index contributed by atoms with van der Waals surface area (Å²) in [5.74, 6) is 0. The summed E-state index contributed by atoms with van der Waals surface area (Å²) in [5.41, 5.74) is 14.8. The van der Waals surface area contributed by atoms with Crippen molar-refractivity contribution in [2.24, 2.45) is 0 Å². The zero-order valence-corrected chi connectivity index (χ0v) is 35.7. The molecule has 2 nitrogen and oxygen atoms in total. The number of rotatable bonds is 4. The molecule has 0 N–H and O–H groups in total. The first-order chi connectivity index (χ1) is 30.5. The minimum atomic E-state index is -2.31. The molecular weight excluding hydrogens is 765 g/mol. The molecule has 0 saturated heterocycles. The van der Waals surface area contributed by atoms with Crippen molar-refractivity contribution in [2.45, 2.75) is 18.5 Å². The van der Waals surface area contributed by atoms with Crippen LogP contribution >= 0.6 is 0 Å². The van der Waals surface area contributed by atoms with Gasteiger partial charge in [-0.2, -0.15) is 0 Å². The Hall–Kier alpha value is -7.46. The van der Waals surface area contributed by atoms with Gasteiger partial charge in [0.2, 0.25) is 0 Å². The third-order valence-corrected chi connectivity index (χ3v) is 17.8. The van der Waals surface area contributed by atoms with E-state index in [-0.39, 0.29) is 0 Å². The Morgan fingerprint density at radius 1 is 0.403 bits per heavy atom. The van der Waals surface area contributed by atoms with Crippen LogP contribution in [0.3, 0.4) is 0 Å². The van der Waals surface area contributed by atoms with E-state index >= 15 is 0 Å². The Bertz CT molecular complexity index is 3630. The van der Waals surface area contributed by atoms with Crippen molar-refractivity contribution >= 4 is 78.9 Å². The van der Waals surface area contributed by atoms with Crippen LogP contribution in [0.2, 0.25) is 13.1 Å². The van der Waals surface area contributed by atoms with E-state index in [1.807, 2.05) is 0 Å². The Morgan fingerprint density at radius 3 is 1.89 bits per heavy atom. The second-order valence-electron chi connectivity index (χ2n) is 17.6. The largest absolute Gasteiger partial charge is 0.310 e. The number of anilines is 3. The molecule has 0 saturated carbocycles. The lowest BCUT2D eigenvalue weighted by Crippen LogP contribution is -2.63. The monoisotopic (exact) mass is 806 g/mol. The first kappa shape index (κ1) is 35.3. The van der Waals surface area contributed by atoms with E-state index in [9.17, 15) is 0 Å². The highest BCUT2D eigenvalue weighted by atomic mass is 28.3. The fourth-order valence-electron chi connectivity index (χ4n) is 11.6. The van der Waals surface area contributed by atoms with Crippen LogP contribution in [0.25, 0.3) is 60.2 Å². The molecular formula is C59H42N2Si. The molecule has 1 aliphatic carbocycles. The van der Waals surface area contributed by atoms with Crippen LogP contribution < -0.4 is 15.3 Å². The maximum absolute atomic E-state index is 2.59. The van der Waals surface area contributed by atoms with E-state index in [0.717, 1.165) is 11.4 Å². The van der Waals surface area contributed by atoms with E-state index in [2.05, 4.69) is 241 Å². The molecule has 0 radical (unpaired) electrons. The summed E-state index contributed by atoms with van der Waals surface area (Å²) >= 11 is 0. The minimum Gasteiger partial charge on any atom is -0.310 e. The van der Waals surface area contributed by atoms with Gasteiger partial charge in [0.25, 0.3) is 0 Å². The van der Waals surface area contributed by atoms with Crippen LogP contribution in [-0.4, -0.2) is 12.6 Å². The molecule has 0 bridgehead atoms. The summed E-state index contributed by atoms with van der Waals surface area (Å²) in [4.78, 5) is 2.53. The van der Waals surface area contributed by atoms with Crippen molar-refractivity contribution in [3.8, 4) is 16.8 Å². The minimum absolute atomic E-state index is 0.486. The quantitative estimate of drug-likeness (QED) is 0.161. The molecule has 0 amide bonds. The number of nitrogens with zero attached hydrogens (tertiary/aromatic N) is 2. The molecule has 3 heteroatoms. The van der Waals surface area contributed by atoms with E-state index in [1.54, 1.807) is 0 Å². The SMILES string of the molecule is C[Si]1(C)c2ccccc2C2(c3ccccc3-c3cccc4cccc2c34)c2ccc(N(c3ccc4c(c3)c3ccccc3n4-c3ccccc3)c3cccc4ccccc34)cc21. The fourth-order valence-corrected chi connectivity index (χ4v) is 14.8. The fraction of sp³-hybridized carbons (Fsp3) is 0.0508. The number of fused-ring (bicyclic) bond motifs is 12. The maximum atomic E-state index is 2.59. The molecule has 292 valence electrons. The molecule has 1 aliphatic heterocycles. The van der Waals surface area contributed by atoms with Gasteiger partial charge in [0.1, 0.15) is 8.07 Å². The van der Waals surface area contributed by atoms with Crippen molar-refractivity contribution in [3.63, 3.8) is 0 Å². The summed E-state index contributed by atoms with van der Waals surface area (Å²) in [6.07, 6.45) is 0. The average molecular weight is 807 g/mol. The third-order valence-electron chi connectivity index (χ3n) is 14.2. The van der Waals surface area contributed by atoms with Gasteiger partial charge in [-0.05, 0) is 115 Å². The van der Waals surface area contributed by atoms with Crippen molar-refractivity contribution < 1.29 is 0 Å². The van der Waals surface area contributed by atoms with Gasteiger partial charge >= 0.3 is 0 Å². The molecule has 11 aromatic rings. The molecule has 10 aromatic carbocycles. The van der Waals surface area contributed by atoms with Gasteiger partial charge in [-0.15, -0.1) is 0 Å². The number of hydrogen-bond acceptors (Lipinski definition) is 1. The number of aromatic nitrogens is 1. The molecule has 62 heavy (non-hydrogen) atoms. The second-order valence-corrected chi connectivity index (χ2v) is 22.0. The van der Waals surface area contributed by atoms with Crippen molar-refractivity contribution in [1.29, 1.82) is 0 Å². The molecule has 1 aromatic heterocycles. The van der Waals surface area contributed by atoms with Gasteiger partial charge < -0.3 is 9.47 Å². The van der Waals surface area contributed by atoms with Crippen LogP contribution in [0.5, 0.6) is 0 Å².